The molecule has 0 atom stereocenters. The van der Waals surface area contributed by atoms with Gasteiger partial charge in [0.2, 0.25) is 0 Å². The second-order valence-electron chi connectivity index (χ2n) is 4.37. The van der Waals surface area contributed by atoms with E-state index in [1.165, 1.54) is 51.4 Å². The highest BCUT2D eigenvalue weighted by atomic mass is 14.3. The van der Waals surface area contributed by atoms with Crippen molar-refractivity contribution in [3.63, 3.8) is 0 Å². The molecule has 0 unspecified atom stereocenters. The van der Waals surface area contributed by atoms with E-state index in [1.807, 2.05) is 0 Å². The van der Waals surface area contributed by atoms with Crippen LogP contribution in [0.2, 0.25) is 0 Å². The van der Waals surface area contributed by atoms with E-state index in [4.69, 9.17) is 0 Å². The largest absolute Gasteiger partial charge is 0.0649 e. The van der Waals surface area contributed by atoms with Gasteiger partial charge in [-0.1, -0.05) is 52.4 Å². The van der Waals surface area contributed by atoms with Crippen molar-refractivity contribution in [1.29, 1.82) is 0 Å². The summed E-state index contributed by atoms with van der Waals surface area (Å²) in [5, 5.41) is 0. The maximum Gasteiger partial charge on any atom is -0.0300 e. The molecular formula is C12H23. The van der Waals surface area contributed by atoms with Crippen LogP contribution in [-0.4, -0.2) is 0 Å². The van der Waals surface area contributed by atoms with E-state index in [0.717, 1.165) is 6.42 Å². The van der Waals surface area contributed by atoms with Crippen molar-refractivity contribution < 1.29 is 0 Å². The van der Waals surface area contributed by atoms with Gasteiger partial charge in [0.05, 0.1) is 0 Å². The van der Waals surface area contributed by atoms with Crippen molar-refractivity contribution in [2.24, 2.45) is 5.41 Å². The zero-order valence-corrected chi connectivity index (χ0v) is 8.57. The van der Waals surface area contributed by atoms with E-state index in [2.05, 4.69) is 13.8 Å². The van der Waals surface area contributed by atoms with Crippen LogP contribution in [0, 0.1) is 12.3 Å². The molecule has 0 saturated heterocycles. The Labute approximate surface area is 77.7 Å². The quantitative estimate of drug-likeness (QED) is 0.573. The van der Waals surface area contributed by atoms with Crippen molar-refractivity contribution in [3.05, 3.63) is 6.92 Å². The first-order valence-electron chi connectivity index (χ1n) is 5.62. The monoisotopic (exact) mass is 167 g/mol. The van der Waals surface area contributed by atoms with E-state index in [9.17, 15) is 0 Å². The van der Waals surface area contributed by atoms with Gasteiger partial charge >= 0.3 is 0 Å². The normalized spacial score (nSPS) is 24.5. The van der Waals surface area contributed by atoms with Gasteiger partial charge in [0, 0.05) is 0 Å². The average Bonchev–Trinajstić information content (AvgIpc) is 2.06. The van der Waals surface area contributed by atoms with Gasteiger partial charge in [-0.05, 0) is 24.7 Å². The van der Waals surface area contributed by atoms with Gasteiger partial charge in [-0.3, -0.25) is 0 Å². The maximum absolute atomic E-state index is 4.12. The Morgan fingerprint density at radius 1 is 1.00 bits per heavy atom. The molecule has 0 aromatic carbocycles. The molecule has 71 valence electrons. The molecule has 0 spiro atoms. The van der Waals surface area contributed by atoms with Crippen LogP contribution in [0.1, 0.15) is 64.7 Å². The van der Waals surface area contributed by atoms with Crippen molar-refractivity contribution in [3.8, 4) is 0 Å². The second kappa shape index (κ2) is 4.89. The summed E-state index contributed by atoms with van der Waals surface area (Å²) in [7, 11) is 0. The standard InChI is InChI=1S/C12H23/c1-3-12(4-2)10-8-6-5-7-9-11-12/h1,3-11H2,2H3. The molecule has 0 heterocycles. The molecule has 12 heavy (non-hydrogen) atoms. The summed E-state index contributed by atoms with van der Waals surface area (Å²) in [5.41, 5.74) is 0.625. The molecule has 0 bridgehead atoms. The zero-order chi connectivity index (χ0) is 8.86. The smallest absolute Gasteiger partial charge is 0.0300 e. The summed E-state index contributed by atoms with van der Waals surface area (Å²) < 4.78 is 0. The molecule has 1 fully saturated rings. The minimum Gasteiger partial charge on any atom is -0.0649 e. The Morgan fingerprint density at radius 2 is 1.50 bits per heavy atom. The minimum absolute atomic E-state index is 0.625. The van der Waals surface area contributed by atoms with E-state index >= 15 is 0 Å². The first-order valence-corrected chi connectivity index (χ1v) is 5.62. The molecular weight excluding hydrogens is 144 g/mol. The molecule has 0 aromatic heterocycles. The third kappa shape index (κ3) is 2.50. The van der Waals surface area contributed by atoms with Gasteiger partial charge in [-0.15, -0.1) is 0 Å². The van der Waals surface area contributed by atoms with E-state index in [-0.39, 0.29) is 0 Å². The second-order valence-corrected chi connectivity index (χ2v) is 4.37. The van der Waals surface area contributed by atoms with Gasteiger partial charge < -0.3 is 0 Å². The molecule has 1 radical (unpaired) electrons. The lowest BCUT2D eigenvalue weighted by atomic mass is 9.72. The minimum atomic E-state index is 0.625. The van der Waals surface area contributed by atoms with Crippen molar-refractivity contribution in [2.45, 2.75) is 64.7 Å². The highest BCUT2D eigenvalue weighted by Crippen LogP contribution is 2.39. The van der Waals surface area contributed by atoms with Gasteiger partial charge in [0.15, 0.2) is 0 Å². The molecule has 0 N–H and O–H groups in total. The summed E-state index contributed by atoms with van der Waals surface area (Å²) in [5.74, 6) is 0. The molecule has 1 aliphatic carbocycles. The zero-order valence-electron chi connectivity index (χ0n) is 8.57. The van der Waals surface area contributed by atoms with Gasteiger partial charge in [-0.2, -0.15) is 0 Å². The van der Waals surface area contributed by atoms with Crippen LogP contribution < -0.4 is 0 Å². The summed E-state index contributed by atoms with van der Waals surface area (Å²) in [6.07, 6.45) is 12.7. The topological polar surface area (TPSA) is 0 Å². The lowest BCUT2D eigenvalue weighted by Crippen LogP contribution is -2.20. The molecule has 0 heteroatoms. The Kier molecular flexibility index (Phi) is 4.11. The molecule has 0 nitrogen and oxygen atoms in total. The van der Waals surface area contributed by atoms with E-state index in [0.29, 0.717) is 5.41 Å². The molecule has 0 aromatic rings. The summed E-state index contributed by atoms with van der Waals surface area (Å²) >= 11 is 0. The van der Waals surface area contributed by atoms with Crippen LogP contribution in [0.3, 0.4) is 0 Å². The fraction of sp³-hybridized carbons (Fsp3) is 0.917. The molecule has 1 rings (SSSR count). The van der Waals surface area contributed by atoms with Crippen LogP contribution in [0.5, 0.6) is 0 Å². The Morgan fingerprint density at radius 3 is 1.92 bits per heavy atom. The Bertz CT molecular complexity index is 101. The molecule has 0 aliphatic heterocycles. The fourth-order valence-corrected chi connectivity index (χ4v) is 2.44. The Hall–Kier alpha value is 0. The maximum atomic E-state index is 4.12. The average molecular weight is 167 g/mol. The van der Waals surface area contributed by atoms with Crippen LogP contribution in [0.4, 0.5) is 0 Å². The van der Waals surface area contributed by atoms with Crippen molar-refractivity contribution in [2.75, 3.05) is 0 Å². The number of hydrogen-bond donors (Lipinski definition) is 0. The van der Waals surface area contributed by atoms with E-state index < -0.39 is 0 Å². The Balaban J connectivity index is 2.45. The van der Waals surface area contributed by atoms with Crippen LogP contribution in [-0.2, 0) is 0 Å². The number of hydrogen-bond acceptors (Lipinski definition) is 0. The SMILES string of the molecule is [CH2]CC1(CC)CCCCCCC1. The predicted octanol–water partition coefficient (Wildman–Crippen LogP) is 4.35. The van der Waals surface area contributed by atoms with Gasteiger partial charge in [-0.25, -0.2) is 0 Å². The first kappa shape index (κ1) is 10.1. The lowest BCUT2D eigenvalue weighted by molar-refractivity contribution is 0.202. The van der Waals surface area contributed by atoms with Crippen LogP contribution in [0.15, 0.2) is 0 Å². The summed E-state index contributed by atoms with van der Waals surface area (Å²) in [6, 6.07) is 0. The van der Waals surface area contributed by atoms with Crippen molar-refractivity contribution in [1.82, 2.24) is 0 Å². The number of rotatable bonds is 2. The van der Waals surface area contributed by atoms with Crippen molar-refractivity contribution >= 4 is 0 Å². The van der Waals surface area contributed by atoms with E-state index in [1.54, 1.807) is 0 Å². The van der Waals surface area contributed by atoms with Gasteiger partial charge in [0.1, 0.15) is 0 Å². The van der Waals surface area contributed by atoms with Crippen LogP contribution >= 0.6 is 0 Å². The fourth-order valence-electron chi connectivity index (χ4n) is 2.44. The predicted molar refractivity (Wildman–Crippen MR) is 55.0 cm³/mol. The first-order chi connectivity index (χ1) is 5.83. The summed E-state index contributed by atoms with van der Waals surface area (Å²) in [4.78, 5) is 0. The lowest BCUT2D eigenvalue weighted by Gasteiger charge is -2.33. The highest BCUT2D eigenvalue weighted by Gasteiger charge is 2.25. The van der Waals surface area contributed by atoms with Gasteiger partial charge in [0.25, 0.3) is 0 Å². The molecule has 1 saturated carbocycles. The van der Waals surface area contributed by atoms with Crippen LogP contribution in [0.25, 0.3) is 0 Å². The third-order valence-electron chi connectivity index (χ3n) is 3.69. The summed E-state index contributed by atoms with van der Waals surface area (Å²) in [6.45, 7) is 6.46. The molecule has 1 aliphatic rings. The third-order valence-corrected chi connectivity index (χ3v) is 3.69. The highest BCUT2D eigenvalue weighted by molar-refractivity contribution is 4.80. The molecule has 0 amide bonds.